The minimum Gasteiger partial charge on any atom is -0.354 e. The number of aromatic amines is 1. The fourth-order valence-corrected chi connectivity index (χ4v) is 3.12. The van der Waals surface area contributed by atoms with Crippen molar-refractivity contribution < 1.29 is 4.79 Å². The monoisotopic (exact) mass is 400 g/mol. The number of rotatable bonds is 6. The van der Waals surface area contributed by atoms with Crippen molar-refractivity contribution >= 4 is 29.7 Å². The van der Waals surface area contributed by atoms with Gasteiger partial charge in [-0.15, -0.1) is 0 Å². The third-order valence-electron chi connectivity index (χ3n) is 4.45. The minimum absolute atomic E-state index is 0.0954. The van der Waals surface area contributed by atoms with E-state index < -0.39 is 0 Å². The molecule has 0 radical (unpaired) electrons. The van der Waals surface area contributed by atoms with Crippen molar-refractivity contribution in [2.45, 2.75) is 25.8 Å². The lowest BCUT2D eigenvalue weighted by molar-refractivity contribution is -0.121. The number of hydrogen-bond acceptors (Lipinski definition) is 3. The van der Waals surface area contributed by atoms with Crippen molar-refractivity contribution in [3.05, 3.63) is 70.0 Å². The first-order chi connectivity index (χ1) is 12.9. The molecule has 0 bridgehead atoms. The van der Waals surface area contributed by atoms with Crippen molar-refractivity contribution in [3.8, 4) is 11.4 Å². The molecule has 1 amide bonds. The normalized spacial score (nSPS) is 11.4. The summed E-state index contributed by atoms with van der Waals surface area (Å²) in [5, 5.41) is 10.6. The summed E-state index contributed by atoms with van der Waals surface area (Å²) < 4.78 is 2.08. The Hall–Kier alpha value is -2.44. The summed E-state index contributed by atoms with van der Waals surface area (Å²) in [6, 6.07) is 17.4. The van der Waals surface area contributed by atoms with Crippen LogP contribution in [0.1, 0.15) is 19.4 Å². The van der Waals surface area contributed by atoms with Crippen molar-refractivity contribution in [3.63, 3.8) is 0 Å². The van der Waals surface area contributed by atoms with Crippen LogP contribution in [0.15, 0.2) is 54.6 Å². The van der Waals surface area contributed by atoms with Crippen molar-refractivity contribution in [2.24, 2.45) is 0 Å². The molecular formula is C20H21ClN4OS. The highest BCUT2D eigenvalue weighted by Gasteiger charge is 2.21. The molecule has 2 aromatic carbocycles. The van der Waals surface area contributed by atoms with Gasteiger partial charge in [0.1, 0.15) is 6.54 Å². The minimum atomic E-state index is -0.173. The number of hydrogen-bond donors (Lipinski definition) is 2. The average molecular weight is 401 g/mol. The molecule has 1 heterocycles. The summed E-state index contributed by atoms with van der Waals surface area (Å²) in [4.78, 5) is 12.5. The number of carbonyl (C=O) groups excluding carboxylic acids is 1. The zero-order valence-electron chi connectivity index (χ0n) is 15.2. The van der Waals surface area contributed by atoms with Crippen LogP contribution in [-0.2, 0) is 16.8 Å². The number of nitrogens with one attached hydrogen (secondary N) is 2. The molecule has 0 aliphatic carbocycles. The number of H-pyrrole nitrogens is 1. The van der Waals surface area contributed by atoms with E-state index in [0.717, 1.165) is 5.56 Å². The fourth-order valence-electron chi connectivity index (χ4n) is 2.79. The van der Waals surface area contributed by atoms with Gasteiger partial charge in [0.05, 0.1) is 0 Å². The van der Waals surface area contributed by atoms with Crippen LogP contribution in [0.3, 0.4) is 0 Å². The van der Waals surface area contributed by atoms with Gasteiger partial charge in [-0.05, 0) is 42.0 Å². The molecule has 140 valence electrons. The number of halogens is 1. The summed E-state index contributed by atoms with van der Waals surface area (Å²) in [6.45, 7) is 4.83. The van der Waals surface area contributed by atoms with Crippen LogP contribution in [0.4, 0.5) is 0 Å². The first-order valence-electron chi connectivity index (χ1n) is 8.60. The second kappa shape index (κ2) is 8.06. The van der Waals surface area contributed by atoms with Crippen molar-refractivity contribution in [1.82, 2.24) is 20.1 Å². The maximum Gasteiger partial charge on any atom is 0.240 e. The second-order valence-electron chi connectivity index (χ2n) is 6.97. The van der Waals surface area contributed by atoms with Crippen LogP contribution in [-0.4, -0.2) is 27.2 Å². The third kappa shape index (κ3) is 4.64. The molecule has 0 saturated carbocycles. The smallest absolute Gasteiger partial charge is 0.240 e. The number of benzene rings is 2. The van der Waals surface area contributed by atoms with Gasteiger partial charge in [-0.3, -0.25) is 14.5 Å². The Morgan fingerprint density at radius 1 is 1.19 bits per heavy atom. The van der Waals surface area contributed by atoms with Gasteiger partial charge >= 0.3 is 0 Å². The molecule has 0 unspecified atom stereocenters. The van der Waals surface area contributed by atoms with Gasteiger partial charge in [-0.1, -0.05) is 55.8 Å². The van der Waals surface area contributed by atoms with E-state index in [1.54, 1.807) is 16.7 Å². The zero-order chi connectivity index (χ0) is 19.4. The molecular weight excluding hydrogens is 380 g/mol. The lowest BCUT2D eigenvalue weighted by atomic mass is 9.84. The standard InChI is InChI=1S/C20H21ClN4OS/c1-20(2,15-6-4-3-5-7-15)13-22-17(26)12-25-18(23-24-19(25)27)14-8-10-16(21)11-9-14/h3-11H,12-13H2,1-2H3,(H,22,26)(H,24,27). The van der Waals surface area contributed by atoms with Crippen LogP contribution < -0.4 is 5.32 Å². The van der Waals surface area contributed by atoms with Crippen LogP contribution in [0, 0.1) is 4.77 Å². The molecule has 0 fully saturated rings. The maximum atomic E-state index is 12.5. The molecule has 7 heteroatoms. The molecule has 0 spiro atoms. The van der Waals surface area contributed by atoms with E-state index in [0.29, 0.717) is 22.2 Å². The molecule has 0 atom stereocenters. The van der Waals surface area contributed by atoms with Gasteiger partial charge in [-0.25, -0.2) is 0 Å². The molecule has 1 aromatic heterocycles. The fraction of sp³-hybridized carbons (Fsp3) is 0.250. The van der Waals surface area contributed by atoms with E-state index in [2.05, 4.69) is 41.5 Å². The molecule has 27 heavy (non-hydrogen) atoms. The first kappa shape index (κ1) is 19.3. The molecule has 0 aliphatic rings. The Morgan fingerprint density at radius 3 is 2.52 bits per heavy atom. The van der Waals surface area contributed by atoms with Crippen LogP contribution in [0.5, 0.6) is 0 Å². The Bertz CT molecular complexity index is 977. The van der Waals surface area contributed by atoms with Crippen LogP contribution >= 0.6 is 23.8 Å². The maximum absolute atomic E-state index is 12.5. The van der Waals surface area contributed by atoms with E-state index in [9.17, 15) is 4.79 Å². The van der Waals surface area contributed by atoms with E-state index >= 15 is 0 Å². The highest BCUT2D eigenvalue weighted by Crippen LogP contribution is 2.22. The Morgan fingerprint density at radius 2 is 1.85 bits per heavy atom. The van der Waals surface area contributed by atoms with E-state index in [1.807, 2.05) is 30.3 Å². The Balaban J connectivity index is 1.71. The van der Waals surface area contributed by atoms with E-state index in [1.165, 1.54) is 5.56 Å². The van der Waals surface area contributed by atoms with E-state index in [4.69, 9.17) is 23.8 Å². The van der Waals surface area contributed by atoms with Gasteiger partial charge in [0.25, 0.3) is 0 Å². The number of aromatic nitrogens is 3. The summed E-state index contributed by atoms with van der Waals surface area (Å²) in [5.74, 6) is 0.487. The van der Waals surface area contributed by atoms with Crippen molar-refractivity contribution in [2.75, 3.05) is 6.54 Å². The number of amides is 1. The molecule has 0 aliphatic heterocycles. The first-order valence-corrected chi connectivity index (χ1v) is 9.39. The van der Waals surface area contributed by atoms with Crippen LogP contribution in [0.2, 0.25) is 5.02 Å². The molecule has 3 aromatic rings. The predicted octanol–water partition coefficient (Wildman–Crippen LogP) is 4.36. The summed E-state index contributed by atoms with van der Waals surface area (Å²) >= 11 is 11.2. The summed E-state index contributed by atoms with van der Waals surface area (Å²) in [7, 11) is 0. The van der Waals surface area contributed by atoms with Gasteiger partial charge in [0.15, 0.2) is 10.6 Å². The molecule has 2 N–H and O–H groups in total. The molecule has 5 nitrogen and oxygen atoms in total. The Labute approximate surface area is 168 Å². The SMILES string of the molecule is CC(C)(CNC(=O)Cn1c(-c2ccc(Cl)cc2)n[nH]c1=S)c1ccccc1. The highest BCUT2D eigenvalue weighted by molar-refractivity contribution is 7.71. The summed E-state index contributed by atoms with van der Waals surface area (Å²) in [5.41, 5.74) is 1.84. The van der Waals surface area contributed by atoms with Gasteiger partial charge < -0.3 is 5.32 Å². The van der Waals surface area contributed by atoms with Crippen LogP contribution in [0.25, 0.3) is 11.4 Å². The third-order valence-corrected chi connectivity index (χ3v) is 5.01. The molecule has 3 rings (SSSR count). The second-order valence-corrected chi connectivity index (χ2v) is 7.80. The highest BCUT2D eigenvalue weighted by atomic mass is 35.5. The van der Waals surface area contributed by atoms with Gasteiger partial charge in [0, 0.05) is 22.5 Å². The van der Waals surface area contributed by atoms with Gasteiger partial charge in [0.2, 0.25) is 5.91 Å². The zero-order valence-corrected chi connectivity index (χ0v) is 16.8. The number of carbonyl (C=O) groups is 1. The lowest BCUT2D eigenvalue weighted by Gasteiger charge is -2.25. The Kier molecular flexibility index (Phi) is 5.77. The lowest BCUT2D eigenvalue weighted by Crippen LogP contribution is -2.38. The van der Waals surface area contributed by atoms with E-state index in [-0.39, 0.29) is 17.9 Å². The van der Waals surface area contributed by atoms with Gasteiger partial charge in [-0.2, -0.15) is 5.10 Å². The number of nitrogens with zero attached hydrogens (tertiary/aromatic N) is 2. The average Bonchev–Trinajstić information content (AvgIpc) is 3.02. The predicted molar refractivity (Wildman–Crippen MR) is 110 cm³/mol. The summed E-state index contributed by atoms with van der Waals surface area (Å²) in [6.07, 6.45) is 0. The quantitative estimate of drug-likeness (QED) is 0.604. The van der Waals surface area contributed by atoms with Crippen molar-refractivity contribution in [1.29, 1.82) is 0 Å². The molecule has 0 saturated heterocycles. The largest absolute Gasteiger partial charge is 0.354 e. The topological polar surface area (TPSA) is 62.7 Å².